The van der Waals surface area contributed by atoms with Gasteiger partial charge in [-0.2, -0.15) is 5.10 Å². The summed E-state index contributed by atoms with van der Waals surface area (Å²) < 4.78 is 1.30. The molecule has 3 rings (SSSR count). The second-order valence-corrected chi connectivity index (χ2v) is 6.72. The van der Waals surface area contributed by atoms with Crippen molar-refractivity contribution in [3.8, 4) is 0 Å². The van der Waals surface area contributed by atoms with Crippen LogP contribution in [0.3, 0.4) is 0 Å². The first-order valence-electron chi connectivity index (χ1n) is 9.61. The highest BCUT2D eigenvalue weighted by atomic mass is 16.1. The van der Waals surface area contributed by atoms with E-state index in [1.165, 1.54) is 10.4 Å². The van der Waals surface area contributed by atoms with Crippen molar-refractivity contribution in [3.05, 3.63) is 70.6 Å². The van der Waals surface area contributed by atoms with Gasteiger partial charge in [-0.25, -0.2) is 4.68 Å². The summed E-state index contributed by atoms with van der Waals surface area (Å²) in [6.07, 6.45) is 1.01. The highest BCUT2D eigenvalue weighted by Crippen LogP contribution is 2.14. The molecule has 2 aromatic carbocycles. The Morgan fingerprint density at radius 1 is 1.07 bits per heavy atom. The van der Waals surface area contributed by atoms with Crippen molar-refractivity contribution in [1.29, 1.82) is 0 Å². The molecule has 0 aliphatic carbocycles. The molecule has 146 valence electrons. The van der Waals surface area contributed by atoms with Crippen molar-refractivity contribution in [2.75, 3.05) is 24.5 Å². The summed E-state index contributed by atoms with van der Waals surface area (Å²) in [5.41, 5.74) is 1.66. The fourth-order valence-electron chi connectivity index (χ4n) is 3.33. The Morgan fingerprint density at radius 2 is 1.75 bits per heavy atom. The molecular weight excluding hydrogens is 352 g/mol. The lowest BCUT2D eigenvalue weighted by Crippen LogP contribution is -2.31. The maximum absolute atomic E-state index is 12.4. The minimum absolute atomic E-state index is 0.0842. The molecule has 6 heteroatoms. The number of anilines is 1. The molecule has 0 spiro atoms. The summed E-state index contributed by atoms with van der Waals surface area (Å²) in [4.78, 5) is 26.9. The number of benzene rings is 2. The fraction of sp³-hybridized carbons (Fsp3) is 0.318. The molecule has 1 heterocycles. The second-order valence-electron chi connectivity index (χ2n) is 6.72. The number of carbonyl (C=O) groups is 1. The van der Waals surface area contributed by atoms with Gasteiger partial charge in [0.25, 0.3) is 5.56 Å². The van der Waals surface area contributed by atoms with Crippen molar-refractivity contribution < 1.29 is 4.79 Å². The Morgan fingerprint density at radius 3 is 2.46 bits per heavy atom. The molecule has 0 aliphatic heterocycles. The number of nitrogens with one attached hydrogen (secondary N) is 1. The molecule has 6 nitrogen and oxygen atoms in total. The van der Waals surface area contributed by atoms with E-state index in [2.05, 4.69) is 34.4 Å². The third-order valence-electron chi connectivity index (χ3n) is 4.79. The van der Waals surface area contributed by atoms with Crippen molar-refractivity contribution in [3.63, 3.8) is 0 Å². The Balaban J connectivity index is 1.56. The molecule has 0 fully saturated rings. The van der Waals surface area contributed by atoms with Crippen molar-refractivity contribution >= 4 is 22.4 Å². The fourth-order valence-corrected chi connectivity index (χ4v) is 3.33. The average Bonchev–Trinajstić information content (AvgIpc) is 2.72. The highest BCUT2D eigenvalue weighted by Gasteiger charge is 2.12. The zero-order valence-corrected chi connectivity index (χ0v) is 16.4. The summed E-state index contributed by atoms with van der Waals surface area (Å²) in [6, 6.07) is 17.5. The topological polar surface area (TPSA) is 67.2 Å². The maximum atomic E-state index is 12.4. The van der Waals surface area contributed by atoms with E-state index in [1.807, 2.05) is 36.4 Å². The quantitative estimate of drug-likeness (QED) is 0.612. The van der Waals surface area contributed by atoms with E-state index in [9.17, 15) is 9.59 Å². The van der Waals surface area contributed by atoms with E-state index >= 15 is 0 Å². The van der Waals surface area contributed by atoms with Gasteiger partial charge in [0.1, 0.15) is 0 Å². The molecule has 0 bridgehead atoms. The van der Waals surface area contributed by atoms with Crippen LogP contribution in [0.5, 0.6) is 0 Å². The molecule has 3 aromatic rings. The van der Waals surface area contributed by atoms with Gasteiger partial charge >= 0.3 is 0 Å². The lowest BCUT2D eigenvalue weighted by Gasteiger charge is -2.23. The molecular formula is C22H26N4O2. The smallest absolute Gasteiger partial charge is 0.274 e. The van der Waals surface area contributed by atoms with Crippen LogP contribution in [0.25, 0.3) is 10.8 Å². The normalized spacial score (nSPS) is 10.8. The summed E-state index contributed by atoms with van der Waals surface area (Å²) >= 11 is 0. The maximum Gasteiger partial charge on any atom is 0.274 e. The van der Waals surface area contributed by atoms with Gasteiger partial charge in [0, 0.05) is 37.8 Å². The van der Waals surface area contributed by atoms with Gasteiger partial charge in [0.05, 0.1) is 17.5 Å². The lowest BCUT2D eigenvalue weighted by molar-refractivity contribution is -0.120. The van der Waals surface area contributed by atoms with Gasteiger partial charge in [-0.15, -0.1) is 0 Å². The first kappa shape index (κ1) is 19.6. The number of hydrogen-bond donors (Lipinski definition) is 1. The van der Waals surface area contributed by atoms with Crippen LogP contribution >= 0.6 is 0 Å². The number of amides is 1. The highest BCUT2D eigenvalue weighted by molar-refractivity contribution is 5.88. The number of fused-ring (bicyclic) bond motifs is 1. The number of aryl methyl sites for hydroxylation is 1. The van der Waals surface area contributed by atoms with E-state index in [0.29, 0.717) is 17.6 Å². The minimum atomic E-state index is -0.152. The van der Waals surface area contributed by atoms with E-state index < -0.39 is 0 Å². The lowest BCUT2D eigenvalue weighted by atomic mass is 10.1. The zero-order valence-electron chi connectivity index (χ0n) is 16.4. The van der Waals surface area contributed by atoms with E-state index in [1.54, 1.807) is 13.1 Å². The summed E-state index contributed by atoms with van der Waals surface area (Å²) in [5.74, 6) is -0.0842. The molecule has 0 saturated carbocycles. The van der Waals surface area contributed by atoms with Gasteiger partial charge in [-0.3, -0.25) is 9.59 Å². The summed E-state index contributed by atoms with van der Waals surface area (Å²) in [7, 11) is 1.61. The minimum Gasteiger partial charge on any atom is -0.372 e. The van der Waals surface area contributed by atoms with E-state index in [-0.39, 0.29) is 17.9 Å². The Bertz CT molecular complexity index is 998. The number of hydrogen-bond acceptors (Lipinski definition) is 4. The summed E-state index contributed by atoms with van der Waals surface area (Å²) in [6.45, 7) is 4.53. The molecule has 1 amide bonds. The van der Waals surface area contributed by atoms with Crippen LogP contribution in [-0.4, -0.2) is 35.3 Å². The number of rotatable bonds is 8. The molecule has 0 unspecified atom stereocenters. The number of nitrogens with zero attached hydrogens (tertiary/aromatic N) is 3. The average molecular weight is 378 g/mol. The molecule has 0 radical (unpaired) electrons. The first-order chi connectivity index (χ1) is 13.6. The standard InChI is InChI=1S/C22H26N4O2/c1-3-26(17-10-5-4-6-11-17)15-9-14-23-21(27)16-20-18-12-7-8-13-19(18)22(28)25(2)24-20/h4-8,10-13H,3,9,14-16H2,1-2H3,(H,23,27). The Hall–Kier alpha value is -3.15. The molecule has 0 aliphatic rings. The van der Waals surface area contributed by atoms with Crippen LogP contribution in [0.1, 0.15) is 19.0 Å². The van der Waals surface area contributed by atoms with Gasteiger partial charge in [-0.1, -0.05) is 36.4 Å². The van der Waals surface area contributed by atoms with Gasteiger partial charge in [0.2, 0.25) is 5.91 Å². The monoisotopic (exact) mass is 378 g/mol. The number of para-hydroxylation sites is 1. The summed E-state index contributed by atoms with van der Waals surface area (Å²) in [5, 5.41) is 8.58. The van der Waals surface area contributed by atoms with Crippen LogP contribution in [0.4, 0.5) is 5.69 Å². The SMILES string of the molecule is CCN(CCCNC(=O)Cc1nn(C)c(=O)c2ccccc12)c1ccccc1. The Kier molecular flexibility index (Phi) is 6.42. The van der Waals surface area contributed by atoms with Crippen LogP contribution in [-0.2, 0) is 18.3 Å². The van der Waals surface area contributed by atoms with Crippen LogP contribution < -0.4 is 15.8 Å². The number of carbonyl (C=O) groups excluding carboxylic acids is 1. The first-order valence-corrected chi connectivity index (χ1v) is 9.61. The van der Waals surface area contributed by atoms with Crippen molar-refractivity contribution in [1.82, 2.24) is 15.1 Å². The van der Waals surface area contributed by atoms with E-state index in [0.717, 1.165) is 24.9 Å². The van der Waals surface area contributed by atoms with Gasteiger partial charge < -0.3 is 10.2 Å². The van der Waals surface area contributed by atoms with Gasteiger partial charge in [0.15, 0.2) is 0 Å². The third-order valence-corrected chi connectivity index (χ3v) is 4.79. The second kappa shape index (κ2) is 9.17. The molecule has 1 N–H and O–H groups in total. The van der Waals surface area contributed by atoms with E-state index in [4.69, 9.17) is 0 Å². The Labute approximate surface area is 164 Å². The largest absolute Gasteiger partial charge is 0.372 e. The van der Waals surface area contributed by atoms with Crippen LogP contribution in [0, 0.1) is 0 Å². The van der Waals surface area contributed by atoms with Gasteiger partial charge in [-0.05, 0) is 31.5 Å². The molecule has 28 heavy (non-hydrogen) atoms. The van der Waals surface area contributed by atoms with Crippen molar-refractivity contribution in [2.24, 2.45) is 7.05 Å². The van der Waals surface area contributed by atoms with Crippen molar-refractivity contribution in [2.45, 2.75) is 19.8 Å². The molecule has 1 aromatic heterocycles. The van der Waals surface area contributed by atoms with Crippen LogP contribution in [0.15, 0.2) is 59.4 Å². The predicted molar refractivity (Wildman–Crippen MR) is 113 cm³/mol. The molecule has 0 atom stereocenters. The number of aromatic nitrogens is 2. The van der Waals surface area contributed by atoms with Crippen LogP contribution in [0.2, 0.25) is 0 Å². The zero-order chi connectivity index (χ0) is 19.9. The predicted octanol–water partition coefficient (Wildman–Crippen LogP) is 2.51. The third kappa shape index (κ3) is 4.57. The molecule has 0 saturated heterocycles.